The molecule has 0 spiro atoms. The van der Waals surface area contributed by atoms with Crippen LogP contribution in [0.5, 0.6) is 0 Å². The highest BCUT2D eigenvalue weighted by molar-refractivity contribution is 6.09. The van der Waals surface area contributed by atoms with Crippen molar-refractivity contribution in [3.63, 3.8) is 0 Å². The van der Waals surface area contributed by atoms with E-state index in [2.05, 4.69) is 61.5 Å². The minimum absolute atomic E-state index is 0. The summed E-state index contributed by atoms with van der Waals surface area (Å²) in [6, 6.07) is 19.4. The van der Waals surface area contributed by atoms with Crippen LogP contribution in [0.1, 0.15) is 24.9 Å². The summed E-state index contributed by atoms with van der Waals surface area (Å²) in [4.78, 5) is 0. The van der Waals surface area contributed by atoms with E-state index in [0.29, 0.717) is 0 Å². The highest BCUT2D eigenvalue weighted by Crippen LogP contribution is 2.31. The molecule has 0 bridgehead atoms. The fraction of sp³-hybridized carbons (Fsp3) is 0.176. The number of rotatable bonds is 2. The maximum atomic E-state index is 6.25. The first-order valence-corrected chi connectivity index (χ1v) is 6.47. The molecule has 0 radical (unpaired) electrons. The molecule has 0 aliphatic rings. The molecule has 0 amide bonds. The molecule has 0 aliphatic heterocycles. The van der Waals surface area contributed by atoms with Crippen LogP contribution < -0.4 is 5.73 Å². The summed E-state index contributed by atoms with van der Waals surface area (Å²) in [6.07, 6.45) is 0.961. The first kappa shape index (κ1) is 13.9. The monoisotopic (exact) mass is 271 g/mol. The molecule has 19 heavy (non-hydrogen) atoms. The van der Waals surface area contributed by atoms with Crippen molar-refractivity contribution in [3.05, 3.63) is 60.2 Å². The van der Waals surface area contributed by atoms with Crippen molar-refractivity contribution in [3.8, 4) is 0 Å². The van der Waals surface area contributed by atoms with E-state index in [1.807, 2.05) is 0 Å². The summed E-state index contributed by atoms with van der Waals surface area (Å²) in [5.41, 5.74) is 7.51. The van der Waals surface area contributed by atoms with Crippen LogP contribution in [0.25, 0.3) is 21.5 Å². The van der Waals surface area contributed by atoms with Gasteiger partial charge in [-0.3, -0.25) is 0 Å². The summed E-state index contributed by atoms with van der Waals surface area (Å²) >= 11 is 0. The van der Waals surface area contributed by atoms with Gasteiger partial charge in [0, 0.05) is 6.04 Å². The topological polar surface area (TPSA) is 26.0 Å². The van der Waals surface area contributed by atoms with Crippen molar-refractivity contribution in [2.24, 2.45) is 5.73 Å². The van der Waals surface area contributed by atoms with E-state index in [1.54, 1.807) is 0 Å². The highest BCUT2D eigenvalue weighted by Gasteiger charge is 2.10. The van der Waals surface area contributed by atoms with Crippen LogP contribution in [0, 0.1) is 0 Å². The van der Waals surface area contributed by atoms with E-state index in [9.17, 15) is 0 Å². The maximum absolute atomic E-state index is 6.25. The first-order chi connectivity index (χ1) is 8.81. The third kappa shape index (κ3) is 2.32. The lowest BCUT2D eigenvalue weighted by Crippen LogP contribution is -2.09. The minimum atomic E-state index is 0. The molecule has 0 saturated heterocycles. The van der Waals surface area contributed by atoms with Gasteiger partial charge in [0.25, 0.3) is 0 Å². The molecule has 1 atom stereocenters. The lowest BCUT2D eigenvalue weighted by atomic mass is 9.93. The van der Waals surface area contributed by atoms with Crippen molar-refractivity contribution in [2.45, 2.75) is 19.4 Å². The van der Waals surface area contributed by atoms with Gasteiger partial charge in [-0.05, 0) is 39.6 Å². The van der Waals surface area contributed by atoms with Crippen LogP contribution in [-0.2, 0) is 0 Å². The second-order valence-corrected chi connectivity index (χ2v) is 4.75. The number of benzene rings is 3. The van der Waals surface area contributed by atoms with E-state index in [-0.39, 0.29) is 18.4 Å². The summed E-state index contributed by atoms with van der Waals surface area (Å²) in [7, 11) is 0. The Morgan fingerprint density at radius 1 is 0.895 bits per heavy atom. The number of halogens is 1. The normalized spacial score (nSPS) is 12.3. The van der Waals surface area contributed by atoms with Crippen LogP contribution in [0.15, 0.2) is 54.6 Å². The molecule has 0 heterocycles. The number of nitrogens with two attached hydrogens (primary N) is 1. The Hall–Kier alpha value is -1.57. The van der Waals surface area contributed by atoms with Crippen molar-refractivity contribution < 1.29 is 0 Å². The number of fused-ring (bicyclic) bond motifs is 3. The molecule has 3 rings (SSSR count). The molecule has 0 saturated carbocycles. The van der Waals surface area contributed by atoms with Gasteiger partial charge in [-0.25, -0.2) is 0 Å². The molecule has 0 aromatic heterocycles. The summed E-state index contributed by atoms with van der Waals surface area (Å²) in [5, 5.41) is 5.16. The van der Waals surface area contributed by atoms with E-state index < -0.39 is 0 Å². The third-order valence-electron chi connectivity index (χ3n) is 3.64. The van der Waals surface area contributed by atoms with E-state index >= 15 is 0 Å². The van der Waals surface area contributed by atoms with E-state index in [4.69, 9.17) is 5.73 Å². The molecular weight excluding hydrogens is 254 g/mol. The van der Waals surface area contributed by atoms with E-state index in [1.165, 1.54) is 27.1 Å². The molecule has 0 fully saturated rings. The molecule has 3 aromatic rings. The molecule has 0 unspecified atom stereocenters. The van der Waals surface area contributed by atoms with Gasteiger partial charge in [0.05, 0.1) is 0 Å². The van der Waals surface area contributed by atoms with Gasteiger partial charge < -0.3 is 5.73 Å². The van der Waals surface area contributed by atoms with Crippen molar-refractivity contribution >= 4 is 34.0 Å². The second-order valence-electron chi connectivity index (χ2n) is 4.75. The average Bonchev–Trinajstić information content (AvgIpc) is 2.45. The Bertz CT molecular complexity index is 706. The first-order valence-electron chi connectivity index (χ1n) is 6.47. The molecule has 1 nitrogen and oxygen atoms in total. The van der Waals surface area contributed by atoms with Crippen LogP contribution in [0.3, 0.4) is 0 Å². The Morgan fingerprint density at radius 2 is 1.47 bits per heavy atom. The highest BCUT2D eigenvalue weighted by atomic mass is 35.5. The largest absolute Gasteiger partial charge is 0.324 e. The summed E-state index contributed by atoms with van der Waals surface area (Å²) in [5.74, 6) is 0. The summed E-state index contributed by atoms with van der Waals surface area (Å²) in [6.45, 7) is 2.13. The average molecular weight is 272 g/mol. The third-order valence-corrected chi connectivity index (χ3v) is 3.64. The van der Waals surface area contributed by atoms with Crippen LogP contribution in [-0.4, -0.2) is 0 Å². The second kappa shape index (κ2) is 5.60. The van der Waals surface area contributed by atoms with Gasteiger partial charge in [-0.2, -0.15) is 0 Å². The van der Waals surface area contributed by atoms with Crippen molar-refractivity contribution in [1.82, 2.24) is 0 Å². The standard InChI is InChI=1S/C17H17N.ClH/c1-2-17(18)16-11-12-7-3-4-8-13(12)14-9-5-6-10-15(14)16;/h3-11,17H,2,18H2,1H3;1H/t17-;/m0./s1. The Morgan fingerprint density at radius 3 is 2.16 bits per heavy atom. The lowest BCUT2D eigenvalue weighted by Gasteiger charge is -2.15. The molecule has 0 aliphatic carbocycles. The van der Waals surface area contributed by atoms with Crippen LogP contribution in [0.2, 0.25) is 0 Å². The molecule has 2 N–H and O–H groups in total. The zero-order chi connectivity index (χ0) is 12.5. The fourth-order valence-electron chi connectivity index (χ4n) is 2.61. The lowest BCUT2D eigenvalue weighted by molar-refractivity contribution is 0.705. The predicted octanol–water partition coefficient (Wildman–Crippen LogP) is 4.82. The quantitative estimate of drug-likeness (QED) is 0.664. The van der Waals surface area contributed by atoms with Crippen LogP contribution >= 0.6 is 12.4 Å². The predicted molar refractivity (Wildman–Crippen MR) is 85.9 cm³/mol. The molecule has 2 heteroatoms. The van der Waals surface area contributed by atoms with Gasteiger partial charge in [-0.1, -0.05) is 55.5 Å². The minimum Gasteiger partial charge on any atom is -0.324 e. The molecular formula is C17H18ClN. The fourth-order valence-corrected chi connectivity index (χ4v) is 2.61. The smallest absolute Gasteiger partial charge is 0.0298 e. The summed E-state index contributed by atoms with van der Waals surface area (Å²) < 4.78 is 0. The zero-order valence-corrected chi connectivity index (χ0v) is 11.8. The number of hydrogen-bond donors (Lipinski definition) is 1. The Labute approximate surface area is 119 Å². The van der Waals surface area contributed by atoms with Gasteiger partial charge in [-0.15, -0.1) is 12.4 Å². The van der Waals surface area contributed by atoms with Gasteiger partial charge in [0.15, 0.2) is 0 Å². The molecule has 3 aromatic carbocycles. The zero-order valence-electron chi connectivity index (χ0n) is 11.0. The van der Waals surface area contributed by atoms with Crippen molar-refractivity contribution in [2.75, 3.05) is 0 Å². The van der Waals surface area contributed by atoms with Crippen LogP contribution in [0.4, 0.5) is 0 Å². The van der Waals surface area contributed by atoms with Gasteiger partial charge >= 0.3 is 0 Å². The Balaban J connectivity index is 0.00000133. The van der Waals surface area contributed by atoms with E-state index in [0.717, 1.165) is 6.42 Å². The SMILES string of the molecule is CC[C@H](N)c1cc2ccccc2c2ccccc12.Cl. The van der Waals surface area contributed by atoms with Gasteiger partial charge in [0.2, 0.25) is 0 Å². The number of hydrogen-bond acceptors (Lipinski definition) is 1. The maximum Gasteiger partial charge on any atom is 0.0298 e. The molecule has 98 valence electrons. The van der Waals surface area contributed by atoms with Gasteiger partial charge in [0.1, 0.15) is 0 Å². The van der Waals surface area contributed by atoms with Crippen molar-refractivity contribution in [1.29, 1.82) is 0 Å². The Kier molecular flexibility index (Phi) is 4.08.